The number of aromatic nitrogens is 1. The van der Waals surface area contributed by atoms with Crippen molar-refractivity contribution in [2.24, 2.45) is 5.73 Å². The van der Waals surface area contributed by atoms with Gasteiger partial charge in [0, 0.05) is 5.69 Å². The van der Waals surface area contributed by atoms with E-state index in [4.69, 9.17) is 15.2 Å². The van der Waals surface area contributed by atoms with E-state index in [-0.39, 0.29) is 29.0 Å². The van der Waals surface area contributed by atoms with Gasteiger partial charge in [-0.1, -0.05) is 12.1 Å². The predicted molar refractivity (Wildman–Crippen MR) is 101 cm³/mol. The molecule has 2 atom stereocenters. The molecule has 2 aromatic rings. The standard InChI is InChI=1S/C19H21N5O3/c1-11-4-3-5-13(6-11)22-18-17(19(25)26-2)12(8-20)7-16(24-18)23-15-10-27-9-14(15)21/h3-7,14-15H,9-10,21H2,1-2H3,(H2,22,23,24)/t14-,15?/m0/s1. The van der Waals surface area contributed by atoms with E-state index in [0.29, 0.717) is 19.0 Å². The van der Waals surface area contributed by atoms with E-state index < -0.39 is 5.97 Å². The third kappa shape index (κ3) is 4.16. The van der Waals surface area contributed by atoms with Gasteiger partial charge in [0.1, 0.15) is 23.3 Å². The van der Waals surface area contributed by atoms with Crippen molar-refractivity contribution in [2.45, 2.75) is 19.0 Å². The van der Waals surface area contributed by atoms with Gasteiger partial charge in [0.15, 0.2) is 0 Å². The summed E-state index contributed by atoms with van der Waals surface area (Å²) in [6.45, 7) is 2.86. The van der Waals surface area contributed by atoms with Gasteiger partial charge >= 0.3 is 5.97 Å². The molecule has 140 valence electrons. The van der Waals surface area contributed by atoms with E-state index in [9.17, 15) is 10.1 Å². The third-order valence-electron chi connectivity index (χ3n) is 4.27. The summed E-state index contributed by atoms with van der Waals surface area (Å²) in [5, 5.41) is 15.8. The van der Waals surface area contributed by atoms with E-state index in [0.717, 1.165) is 11.3 Å². The Kier molecular flexibility index (Phi) is 5.54. The lowest BCUT2D eigenvalue weighted by Gasteiger charge is -2.18. The largest absolute Gasteiger partial charge is 0.465 e. The first-order chi connectivity index (χ1) is 13.0. The molecule has 1 aromatic heterocycles. The van der Waals surface area contributed by atoms with Gasteiger partial charge in [-0.3, -0.25) is 0 Å². The molecule has 8 heteroatoms. The number of rotatable bonds is 5. The van der Waals surface area contributed by atoms with Crippen LogP contribution in [-0.2, 0) is 9.47 Å². The molecule has 1 aromatic carbocycles. The zero-order chi connectivity index (χ0) is 19.4. The number of aryl methyl sites for hydroxylation is 1. The fourth-order valence-electron chi connectivity index (χ4n) is 2.88. The molecule has 0 bridgehead atoms. The van der Waals surface area contributed by atoms with Crippen molar-refractivity contribution in [3.8, 4) is 6.07 Å². The number of benzene rings is 1. The molecule has 0 aliphatic carbocycles. The molecule has 27 heavy (non-hydrogen) atoms. The number of carbonyl (C=O) groups is 1. The molecule has 1 fully saturated rings. The third-order valence-corrected chi connectivity index (χ3v) is 4.27. The zero-order valence-electron chi connectivity index (χ0n) is 15.2. The van der Waals surface area contributed by atoms with Crippen LogP contribution in [0.4, 0.5) is 17.3 Å². The van der Waals surface area contributed by atoms with Crippen LogP contribution in [0.2, 0.25) is 0 Å². The number of nitrogens with two attached hydrogens (primary N) is 1. The van der Waals surface area contributed by atoms with Crippen molar-refractivity contribution in [3.05, 3.63) is 47.0 Å². The second-order valence-electron chi connectivity index (χ2n) is 6.33. The summed E-state index contributed by atoms with van der Waals surface area (Å²) >= 11 is 0. The average Bonchev–Trinajstić information content (AvgIpc) is 3.05. The van der Waals surface area contributed by atoms with E-state index >= 15 is 0 Å². The van der Waals surface area contributed by atoms with Gasteiger partial charge in [-0.2, -0.15) is 5.26 Å². The van der Waals surface area contributed by atoms with Crippen molar-refractivity contribution in [1.29, 1.82) is 5.26 Å². The molecule has 3 rings (SSSR count). The number of nitrogens with one attached hydrogen (secondary N) is 2. The fourth-order valence-corrected chi connectivity index (χ4v) is 2.88. The highest BCUT2D eigenvalue weighted by atomic mass is 16.5. The number of nitriles is 1. The van der Waals surface area contributed by atoms with Crippen molar-refractivity contribution in [2.75, 3.05) is 31.0 Å². The maximum Gasteiger partial charge on any atom is 0.343 e. The van der Waals surface area contributed by atoms with Gasteiger partial charge in [0.25, 0.3) is 0 Å². The summed E-state index contributed by atoms with van der Waals surface area (Å²) < 4.78 is 10.2. The van der Waals surface area contributed by atoms with E-state index in [2.05, 4.69) is 15.6 Å². The van der Waals surface area contributed by atoms with E-state index in [1.165, 1.54) is 13.2 Å². The quantitative estimate of drug-likeness (QED) is 0.685. The summed E-state index contributed by atoms with van der Waals surface area (Å²) in [4.78, 5) is 16.8. The minimum atomic E-state index is -0.637. The Hall–Kier alpha value is -3.15. The highest BCUT2D eigenvalue weighted by molar-refractivity contribution is 5.98. The van der Waals surface area contributed by atoms with Crippen LogP contribution in [0.5, 0.6) is 0 Å². The second-order valence-corrected chi connectivity index (χ2v) is 6.33. The number of esters is 1. The lowest BCUT2D eigenvalue weighted by Crippen LogP contribution is -2.39. The van der Waals surface area contributed by atoms with E-state index in [1.807, 2.05) is 37.3 Å². The van der Waals surface area contributed by atoms with E-state index in [1.54, 1.807) is 0 Å². The van der Waals surface area contributed by atoms with Crippen LogP contribution in [0.3, 0.4) is 0 Å². The molecular formula is C19H21N5O3. The van der Waals surface area contributed by atoms with Crippen molar-refractivity contribution >= 4 is 23.3 Å². The normalized spacial score (nSPS) is 18.6. The Labute approximate surface area is 157 Å². The first kappa shape index (κ1) is 18.6. The summed E-state index contributed by atoms with van der Waals surface area (Å²) in [7, 11) is 1.26. The zero-order valence-corrected chi connectivity index (χ0v) is 15.2. The second kappa shape index (κ2) is 8.03. The number of ether oxygens (including phenoxy) is 2. The summed E-state index contributed by atoms with van der Waals surface area (Å²) in [6.07, 6.45) is 0. The lowest BCUT2D eigenvalue weighted by atomic mass is 10.1. The lowest BCUT2D eigenvalue weighted by molar-refractivity contribution is 0.0601. The number of pyridine rings is 1. The van der Waals surface area contributed by atoms with Crippen molar-refractivity contribution in [3.63, 3.8) is 0 Å². The Morgan fingerprint density at radius 3 is 2.85 bits per heavy atom. The van der Waals surface area contributed by atoms with Crippen LogP contribution >= 0.6 is 0 Å². The number of anilines is 3. The number of hydrogen-bond acceptors (Lipinski definition) is 8. The molecule has 8 nitrogen and oxygen atoms in total. The average molecular weight is 367 g/mol. The van der Waals surface area contributed by atoms with Crippen LogP contribution in [0.25, 0.3) is 0 Å². The number of carbonyl (C=O) groups excluding carboxylic acids is 1. The SMILES string of the molecule is COC(=O)c1c(C#N)cc(NC2COC[C@@H]2N)nc1Nc1cccc(C)c1. The highest BCUT2D eigenvalue weighted by Crippen LogP contribution is 2.27. The predicted octanol–water partition coefficient (Wildman–Crippen LogP) is 1.93. The summed E-state index contributed by atoms with van der Waals surface area (Å²) in [6, 6.07) is 10.9. The number of hydrogen-bond donors (Lipinski definition) is 3. The minimum Gasteiger partial charge on any atom is -0.465 e. The Balaban J connectivity index is 2.02. The van der Waals surface area contributed by atoms with Crippen molar-refractivity contribution < 1.29 is 14.3 Å². The van der Waals surface area contributed by atoms with Gasteiger partial charge in [-0.15, -0.1) is 0 Å². The molecular weight excluding hydrogens is 346 g/mol. The highest BCUT2D eigenvalue weighted by Gasteiger charge is 2.27. The molecule has 4 N–H and O–H groups in total. The molecule has 0 amide bonds. The first-order valence-corrected chi connectivity index (χ1v) is 8.49. The Bertz CT molecular complexity index is 893. The molecule has 1 aliphatic rings. The molecule has 0 spiro atoms. The maximum atomic E-state index is 12.3. The smallest absolute Gasteiger partial charge is 0.343 e. The monoisotopic (exact) mass is 367 g/mol. The van der Waals surface area contributed by atoms with Gasteiger partial charge < -0.3 is 25.8 Å². The summed E-state index contributed by atoms with van der Waals surface area (Å²) in [5.41, 5.74) is 8.03. The topological polar surface area (TPSA) is 122 Å². The molecule has 1 saturated heterocycles. The first-order valence-electron chi connectivity index (χ1n) is 8.49. The molecule has 1 unspecified atom stereocenters. The van der Waals surface area contributed by atoms with Gasteiger partial charge in [0.05, 0.1) is 38.0 Å². The minimum absolute atomic E-state index is 0.0824. The molecule has 2 heterocycles. The van der Waals surface area contributed by atoms with Crippen LogP contribution in [0.1, 0.15) is 21.5 Å². The van der Waals surface area contributed by atoms with Gasteiger partial charge in [0.2, 0.25) is 0 Å². The van der Waals surface area contributed by atoms with Crippen LogP contribution < -0.4 is 16.4 Å². The Morgan fingerprint density at radius 2 is 2.22 bits per heavy atom. The maximum absolute atomic E-state index is 12.3. The van der Waals surface area contributed by atoms with Gasteiger partial charge in [-0.25, -0.2) is 9.78 Å². The fraction of sp³-hybridized carbons (Fsp3) is 0.316. The van der Waals surface area contributed by atoms with Crippen LogP contribution in [-0.4, -0.2) is 43.4 Å². The molecule has 1 aliphatic heterocycles. The van der Waals surface area contributed by atoms with Crippen LogP contribution in [0.15, 0.2) is 30.3 Å². The molecule has 0 radical (unpaired) electrons. The summed E-state index contributed by atoms with van der Waals surface area (Å²) in [5.74, 6) is 0.0310. The number of nitrogens with zero attached hydrogens (tertiary/aromatic N) is 2. The number of methoxy groups -OCH3 is 1. The van der Waals surface area contributed by atoms with Gasteiger partial charge in [-0.05, 0) is 30.7 Å². The molecule has 0 saturated carbocycles. The van der Waals surface area contributed by atoms with Crippen molar-refractivity contribution in [1.82, 2.24) is 4.98 Å². The Morgan fingerprint density at radius 1 is 1.41 bits per heavy atom. The van der Waals surface area contributed by atoms with Crippen LogP contribution in [0, 0.1) is 18.3 Å².